The Balaban J connectivity index is 1.28. The summed E-state index contributed by atoms with van der Waals surface area (Å²) in [4.78, 5) is 40.7. The van der Waals surface area contributed by atoms with Crippen molar-refractivity contribution in [1.29, 1.82) is 0 Å². The molecule has 2 aliphatic carbocycles. The van der Waals surface area contributed by atoms with E-state index in [9.17, 15) is 23.2 Å². The summed E-state index contributed by atoms with van der Waals surface area (Å²) in [6.07, 6.45) is 5.82. The molecule has 0 radical (unpaired) electrons. The molecule has 0 spiro atoms. The van der Waals surface area contributed by atoms with Gasteiger partial charge in [0, 0.05) is 62.2 Å². The van der Waals surface area contributed by atoms with E-state index in [4.69, 9.17) is 0 Å². The number of carbonyl (C=O) groups is 3. The van der Waals surface area contributed by atoms with E-state index >= 15 is 0 Å². The van der Waals surface area contributed by atoms with Crippen molar-refractivity contribution < 1.29 is 23.2 Å². The van der Waals surface area contributed by atoms with Gasteiger partial charge in [0.25, 0.3) is 5.91 Å². The third kappa shape index (κ3) is 4.92. The Kier molecular flexibility index (Phi) is 6.55. The van der Waals surface area contributed by atoms with E-state index in [2.05, 4.69) is 22.6 Å². The molecule has 1 saturated heterocycles. The Labute approximate surface area is 204 Å². The minimum absolute atomic E-state index is 0.0412. The van der Waals surface area contributed by atoms with E-state index in [1.165, 1.54) is 0 Å². The molecule has 4 aliphatic rings. The number of hydrogen-bond acceptors (Lipinski definition) is 5. The Morgan fingerprint density at radius 2 is 1.80 bits per heavy atom. The van der Waals surface area contributed by atoms with Gasteiger partial charge >= 0.3 is 0 Å². The van der Waals surface area contributed by atoms with E-state index in [0.717, 1.165) is 36.9 Å². The van der Waals surface area contributed by atoms with Crippen LogP contribution in [-0.4, -0.2) is 59.8 Å². The summed E-state index contributed by atoms with van der Waals surface area (Å²) in [5, 5.41) is 6.05. The highest BCUT2D eigenvalue weighted by atomic mass is 19.3. The van der Waals surface area contributed by atoms with Crippen LogP contribution < -0.4 is 15.5 Å². The van der Waals surface area contributed by atoms with Crippen LogP contribution in [0, 0.1) is 0 Å². The maximum absolute atomic E-state index is 13.6. The van der Waals surface area contributed by atoms with E-state index < -0.39 is 17.9 Å². The summed E-state index contributed by atoms with van der Waals surface area (Å²) in [7, 11) is 2.07. The highest BCUT2D eigenvalue weighted by Gasteiger charge is 2.40. The summed E-state index contributed by atoms with van der Waals surface area (Å²) in [6, 6.07) is 5.82. The van der Waals surface area contributed by atoms with Crippen molar-refractivity contribution in [2.75, 3.05) is 11.9 Å². The van der Waals surface area contributed by atoms with Crippen LogP contribution in [0.4, 0.5) is 14.5 Å². The van der Waals surface area contributed by atoms with Gasteiger partial charge in [-0.15, -0.1) is 0 Å². The van der Waals surface area contributed by atoms with Gasteiger partial charge in [-0.05, 0) is 55.9 Å². The Morgan fingerprint density at radius 3 is 2.54 bits per heavy atom. The molecule has 1 aromatic rings. The molecule has 3 fully saturated rings. The zero-order valence-electron chi connectivity index (χ0n) is 20.2. The minimum atomic E-state index is -2.52. The van der Waals surface area contributed by atoms with Crippen LogP contribution in [0.25, 0.3) is 0 Å². The lowest BCUT2D eigenvalue weighted by Gasteiger charge is -2.42. The maximum atomic E-state index is 13.6. The van der Waals surface area contributed by atoms with Gasteiger partial charge in [0.1, 0.15) is 6.04 Å². The number of amides is 3. The number of fused-ring (bicyclic) bond motifs is 1. The average Bonchev–Trinajstić information content (AvgIpc) is 3.16. The minimum Gasteiger partial charge on any atom is -0.370 e. The number of benzene rings is 1. The van der Waals surface area contributed by atoms with Gasteiger partial charge in [-0.2, -0.15) is 0 Å². The van der Waals surface area contributed by atoms with Crippen LogP contribution in [0.3, 0.4) is 0 Å². The van der Waals surface area contributed by atoms with Crippen LogP contribution in [0.2, 0.25) is 0 Å². The molecule has 1 unspecified atom stereocenters. The molecular formula is C26H34F2N4O3. The molecule has 2 saturated carbocycles. The molecular weight excluding hydrogens is 454 g/mol. The van der Waals surface area contributed by atoms with Crippen molar-refractivity contribution in [2.24, 2.45) is 0 Å². The van der Waals surface area contributed by atoms with Crippen molar-refractivity contribution in [2.45, 2.75) is 101 Å². The van der Waals surface area contributed by atoms with Crippen LogP contribution in [0.1, 0.15) is 80.1 Å². The molecule has 2 aliphatic heterocycles. The Hall–Kier alpha value is -2.55. The second-order valence-electron chi connectivity index (χ2n) is 10.6. The van der Waals surface area contributed by atoms with Crippen LogP contribution in [0.15, 0.2) is 18.2 Å². The maximum Gasteiger partial charge on any atom is 0.255 e. The number of likely N-dealkylation sites (N-methyl/N-ethyl adjacent to an activating group) is 1. The fourth-order valence-electron chi connectivity index (χ4n) is 6.25. The molecule has 1 aromatic carbocycles. The summed E-state index contributed by atoms with van der Waals surface area (Å²) in [5.74, 6) is -3.40. The quantitative estimate of drug-likeness (QED) is 0.622. The van der Waals surface area contributed by atoms with Crippen LogP contribution in [-0.2, 0) is 16.1 Å². The summed E-state index contributed by atoms with van der Waals surface area (Å²) in [6.45, 7) is 0.352. The second-order valence-corrected chi connectivity index (χ2v) is 10.6. The number of anilines is 1. The number of hydrogen-bond donors (Lipinski definition) is 2. The largest absolute Gasteiger partial charge is 0.370 e. The molecule has 2 N–H and O–H groups in total. The third-order valence-corrected chi connectivity index (χ3v) is 8.31. The lowest BCUT2D eigenvalue weighted by atomic mass is 9.86. The predicted octanol–water partition coefficient (Wildman–Crippen LogP) is 3.36. The van der Waals surface area contributed by atoms with Crippen LogP contribution in [0.5, 0.6) is 0 Å². The van der Waals surface area contributed by atoms with Gasteiger partial charge in [0.2, 0.25) is 17.7 Å². The number of imide groups is 1. The molecule has 3 amide bonds. The molecule has 3 atom stereocenters. The predicted molar refractivity (Wildman–Crippen MR) is 127 cm³/mol. The SMILES string of the molecule is CN(c1ccc2c(c1)CN(C1CCC(=O)NC1=O)C2=O)[C@H]1CCCC[C@H]1NC1CCC(F)(F)CC1. The lowest BCUT2D eigenvalue weighted by molar-refractivity contribution is -0.136. The van der Waals surface area contributed by atoms with E-state index in [-0.39, 0.29) is 49.2 Å². The molecule has 9 heteroatoms. The Morgan fingerprint density at radius 1 is 1.06 bits per heavy atom. The van der Waals surface area contributed by atoms with E-state index in [1.54, 1.807) is 4.90 Å². The van der Waals surface area contributed by atoms with Crippen molar-refractivity contribution in [3.8, 4) is 0 Å². The number of carbonyl (C=O) groups excluding carboxylic acids is 3. The number of nitrogens with zero attached hydrogens (tertiary/aromatic N) is 2. The van der Waals surface area contributed by atoms with Gasteiger partial charge < -0.3 is 15.1 Å². The molecule has 2 heterocycles. The number of halogens is 2. The van der Waals surface area contributed by atoms with E-state index in [0.29, 0.717) is 31.4 Å². The first-order chi connectivity index (χ1) is 16.7. The molecule has 190 valence electrons. The van der Waals surface area contributed by atoms with Crippen molar-refractivity contribution >= 4 is 23.4 Å². The average molecular weight is 489 g/mol. The molecule has 0 aromatic heterocycles. The molecule has 7 nitrogen and oxygen atoms in total. The van der Waals surface area contributed by atoms with Crippen molar-refractivity contribution in [1.82, 2.24) is 15.5 Å². The lowest BCUT2D eigenvalue weighted by Crippen LogP contribution is -2.54. The first-order valence-corrected chi connectivity index (χ1v) is 12.9. The summed E-state index contributed by atoms with van der Waals surface area (Å²) >= 11 is 0. The van der Waals surface area contributed by atoms with Gasteiger partial charge in [-0.25, -0.2) is 8.78 Å². The van der Waals surface area contributed by atoms with Gasteiger partial charge in [-0.3, -0.25) is 19.7 Å². The summed E-state index contributed by atoms with van der Waals surface area (Å²) in [5.41, 5.74) is 2.50. The van der Waals surface area contributed by atoms with Gasteiger partial charge in [0.15, 0.2) is 0 Å². The Bertz CT molecular complexity index is 1010. The van der Waals surface area contributed by atoms with E-state index in [1.807, 2.05) is 18.2 Å². The number of alkyl halides is 2. The second kappa shape index (κ2) is 9.48. The standard InChI is InChI=1S/C26H34F2N4O3/c1-31(21-5-3-2-4-20(21)29-17-10-12-26(27,28)13-11-17)18-6-7-19-16(14-18)15-32(25(19)35)22-8-9-23(33)30-24(22)34/h6-7,14,17,20-22,29H,2-5,8-13,15H2,1H3,(H,30,33,34)/t20-,21+,22?/m1/s1. The first-order valence-electron chi connectivity index (χ1n) is 12.9. The fraction of sp³-hybridized carbons (Fsp3) is 0.654. The normalized spacial score (nSPS) is 29.2. The highest BCUT2D eigenvalue weighted by molar-refractivity contribution is 6.05. The monoisotopic (exact) mass is 488 g/mol. The third-order valence-electron chi connectivity index (χ3n) is 8.31. The van der Waals surface area contributed by atoms with Crippen molar-refractivity contribution in [3.05, 3.63) is 29.3 Å². The number of rotatable bonds is 5. The smallest absolute Gasteiger partial charge is 0.255 e. The van der Waals surface area contributed by atoms with Gasteiger partial charge in [-0.1, -0.05) is 12.8 Å². The number of nitrogens with one attached hydrogen (secondary N) is 2. The summed E-state index contributed by atoms with van der Waals surface area (Å²) < 4.78 is 27.2. The molecule has 0 bridgehead atoms. The fourth-order valence-corrected chi connectivity index (χ4v) is 6.25. The zero-order chi connectivity index (χ0) is 24.7. The molecule has 35 heavy (non-hydrogen) atoms. The molecule has 5 rings (SSSR count). The topological polar surface area (TPSA) is 81.8 Å². The van der Waals surface area contributed by atoms with Crippen molar-refractivity contribution in [3.63, 3.8) is 0 Å². The first kappa shape index (κ1) is 24.2. The number of piperidine rings is 1. The van der Waals surface area contributed by atoms with Crippen LogP contribution >= 0.6 is 0 Å². The highest BCUT2D eigenvalue weighted by Crippen LogP contribution is 2.36. The van der Waals surface area contributed by atoms with Gasteiger partial charge in [0.05, 0.1) is 0 Å². The zero-order valence-corrected chi connectivity index (χ0v) is 20.2.